The van der Waals surface area contributed by atoms with Crippen LogP contribution in [0.15, 0.2) is 28.4 Å². The molecular weight excluding hydrogens is 514 g/mol. The van der Waals surface area contributed by atoms with Crippen LogP contribution in [0.4, 0.5) is 5.82 Å². The second-order valence-corrected chi connectivity index (χ2v) is 11.3. The lowest BCUT2D eigenvalue weighted by atomic mass is 9.73. The maximum absolute atomic E-state index is 11.2. The molecule has 4 N–H and O–H groups in total. The number of ether oxygens (including phenoxy) is 1. The summed E-state index contributed by atoms with van der Waals surface area (Å²) >= 11 is 8.10. The van der Waals surface area contributed by atoms with Crippen LogP contribution in [-0.4, -0.2) is 62.2 Å². The standard InChI is InChI=1S/C25H32ClN7O3S/c1-14-24(37-19-4-7-33-11-17(10-28-16(3)35)30-23(33)20(19)26)31-18(12-34)22(29-14)32-8-5-25(6-9-32)13-36-15(2)21(25)27/h4,7,11,15,21,34H,5-6,8-10,12-13,27H2,1-3H3,(H,28,35)/t15-,21+/m0/s1. The molecule has 2 saturated heterocycles. The van der Waals surface area contributed by atoms with Crippen LogP contribution in [0.5, 0.6) is 0 Å². The third-order valence-corrected chi connectivity index (χ3v) is 9.06. The predicted molar refractivity (Wildman–Crippen MR) is 142 cm³/mol. The fraction of sp³-hybridized carbons (Fsp3) is 0.520. The van der Waals surface area contributed by atoms with Crippen LogP contribution in [0.1, 0.15) is 43.8 Å². The highest BCUT2D eigenvalue weighted by Gasteiger charge is 2.47. The van der Waals surface area contributed by atoms with E-state index < -0.39 is 0 Å². The summed E-state index contributed by atoms with van der Waals surface area (Å²) in [6, 6.07) is 1.94. The van der Waals surface area contributed by atoms with Gasteiger partial charge in [-0.05, 0) is 32.8 Å². The molecule has 0 aliphatic carbocycles. The van der Waals surface area contributed by atoms with E-state index in [2.05, 4.69) is 15.2 Å². The molecule has 0 radical (unpaired) electrons. The van der Waals surface area contributed by atoms with Crippen molar-refractivity contribution in [3.05, 3.63) is 40.6 Å². The average Bonchev–Trinajstić information content (AvgIpc) is 3.43. The van der Waals surface area contributed by atoms with Gasteiger partial charge in [-0.2, -0.15) is 0 Å². The predicted octanol–water partition coefficient (Wildman–Crippen LogP) is 2.70. The van der Waals surface area contributed by atoms with Gasteiger partial charge in [0, 0.05) is 48.8 Å². The zero-order valence-electron chi connectivity index (χ0n) is 21.2. The van der Waals surface area contributed by atoms with Crippen LogP contribution in [0, 0.1) is 12.3 Å². The molecule has 37 heavy (non-hydrogen) atoms. The number of pyridine rings is 1. The lowest BCUT2D eigenvalue weighted by Gasteiger charge is -2.42. The number of carbonyl (C=O) groups is 1. The van der Waals surface area contributed by atoms with E-state index in [-0.39, 0.29) is 30.1 Å². The first-order chi connectivity index (χ1) is 17.7. The molecule has 0 bridgehead atoms. The zero-order valence-corrected chi connectivity index (χ0v) is 22.8. The fourth-order valence-corrected chi connectivity index (χ4v) is 6.34. The van der Waals surface area contributed by atoms with Crippen molar-refractivity contribution < 1.29 is 14.6 Å². The van der Waals surface area contributed by atoms with Crippen LogP contribution in [-0.2, 0) is 22.7 Å². The van der Waals surface area contributed by atoms with Gasteiger partial charge in [0.1, 0.15) is 10.7 Å². The number of amides is 1. The van der Waals surface area contributed by atoms with Crippen LogP contribution in [0.3, 0.4) is 0 Å². The van der Waals surface area contributed by atoms with Crippen LogP contribution >= 0.6 is 23.4 Å². The van der Waals surface area contributed by atoms with Gasteiger partial charge in [0.05, 0.1) is 42.3 Å². The third-order valence-electron chi connectivity index (χ3n) is 7.44. The monoisotopic (exact) mass is 545 g/mol. The lowest BCUT2D eigenvalue weighted by Crippen LogP contribution is -2.51. The Balaban J connectivity index is 1.35. The van der Waals surface area contributed by atoms with Crippen molar-refractivity contribution in [3.8, 4) is 0 Å². The van der Waals surface area contributed by atoms with E-state index in [0.29, 0.717) is 40.2 Å². The minimum Gasteiger partial charge on any atom is -0.390 e. The summed E-state index contributed by atoms with van der Waals surface area (Å²) in [4.78, 5) is 28.4. The molecule has 5 rings (SSSR count). The third kappa shape index (κ3) is 5.03. The van der Waals surface area contributed by atoms with Crippen molar-refractivity contribution in [2.75, 3.05) is 24.6 Å². The van der Waals surface area contributed by atoms with Gasteiger partial charge in [-0.1, -0.05) is 23.4 Å². The number of aliphatic hydroxyl groups excluding tert-OH is 1. The van der Waals surface area contributed by atoms with E-state index in [0.717, 1.165) is 42.3 Å². The second-order valence-electron chi connectivity index (χ2n) is 9.90. The summed E-state index contributed by atoms with van der Waals surface area (Å²) in [6.07, 6.45) is 5.63. The van der Waals surface area contributed by atoms with Gasteiger partial charge >= 0.3 is 0 Å². The van der Waals surface area contributed by atoms with Crippen LogP contribution in [0.2, 0.25) is 5.02 Å². The van der Waals surface area contributed by atoms with Crippen molar-refractivity contribution >= 4 is 40.7 Å². The molecule has 0 unspecified atom stereocenters. The lowest BCUT2D eigenvalue weighted by molar-refractivity contribution is -0.119. The SMILES string of the molecule is CC(=O)NCc1cn2ccc(Sc3nc(CO)c(N4CCC5(CC4)CO[C@@H](C)[C@H]5N)nc3C)c(Cl)c2n1. The first-order valence-electron chi connectivity index (χ1n) is 12.4. The maximum atomic E-state index is 11.2. The molecule has 0 saturated carbocycles. The molecule has 1 spiro atoms. The average molecular weight is 546 g/mol. The van der Waals surface area contributed by atoms with Crippen molar-refractivity contribution in [2.45, 2.75) is 68.8 Å². The molecule has 2 aliphatic rings. The van der Waals surface area contributed by atoms with E-state index in [1.165, 1.54) is 18.7 Å². The molecule has 3 aromatic heterocycles. The molecule has 12 heteroatoms. The Hall–Kier alpha value is -2.44. The number of aliphatic hydroxyl groups is 1. The summed E-state index contributed by atoms with van der Waals surface area (Å²) in [6.45, 7) is 7.83. The minimum atomic E-state index is -0.211. The van der Waals surface area contributed by atoms with E-state index in [1.807, 2.05) is 36.7 Å². The number of halogens is 1. The number of nitrogens with zero attached hydrogens (tertiary/aromatic N) is 5. The molecule has 0 aromatic carbocycles. The number of piperidine rings is 1. The smallest absolute Gasteiger partial charge is 0.217 e. The number of nitrogens with two attached hydrogens (primary N) is 1. The van der Waals surface area contributed by atoms with Crippen molar-refractivity contribution in [2.24, 2.45) is 11.1 Å². The summed E-state index contributed by atoms with van der Waals surface area (Å²) in [5.74, 6) is 0.600. The normalized spacial score (nSPS) is 21.2. The van der Waals surface area contributed by atoms with E-state index in [4.69, 9.17) is 32.0 Å². The number of aryl methyl sites for hydroxylation is 1. The Kier molecular flexibility index (Phi) is 7.34. The van der Waals surface area contributed by atoms with E-state index >= 15 is 0 Å². The largest absolute Gasteiger partial charge is 0.390 e. The Morgan fingerprint density at radius 2 is 2.11 bits per heavy atom. The Morgan fingerprint density at radius 1 is 1.35 bits per heavy atom. The number of hydrogen-bond donors (Lipinski definition) is 3. The van der Waals surface area contributed by atoms with Crippen LogP contribution in [0.25, 0.3) is 5.65 Å². The fourth-order valence-electron chi connectivity index (χ4n) is 5.15. The summed E-state index contributed by atoms with van der Waals surface area (Å²) in [7, 11) is 0. The first kappa shape index (κ1) is 26.2. The first-order valence-corrected chi connectivity index (χ1v) is 13.6. The second kappa shape index (κ2) is 10.4. The highest BCUT2D eigenvalue weighted by atomic mass is 35.5. The number of anilines is 1. The number of fused-ring (bicyclic) bond motifs is 1. The Bertz CT molecular complexity index is 1330. The van der Waals surface area contributed by atoms with Gasteiger partial charge in [-0.3, -0.25) is 4.79 Å². The Labute approximate surface area is 225 Å². The quantitative estimate of drug-likeness (QED) is 0.428. The number of imidazole rings is 1. The zero-order chi connectivity index (χ0) is 26.3. The van der Waals surface area contributed by atoms with Crippen molar-refractivity contribution in [1.82, 2.24) is 24.7 Å². The molecule has 198 valence electrons. The molecule has 3 aromatic rings. The molecule has 2 aliphatic heterocycles. The topological polar surface area (TPSA) is 131 Å². The van der Waals surface area contributed by atoms with Crippen LogP contribution < -0.4 is 16.0 Å². The summed E-state index contributed by atoms with van der Waals surface area (Å²) in [5, 5.41) is 14.1. The van der Waals surface area contributed by atoms with Gasteiger partial charge in [-0.15, -0.1) is 0 Å². The van der Waals surface area contributed by atoms with E-state index in [9.17, 15) is 9.90 Å². The molecule has 2 fully saturated rings. The number of hydrogen-bond acceptors (Lipinski definition) is 9. The van der Waals surface area contributed by atoms with Gasteiger partial charge in [0.15, 0.2) is 11.5 Å². The minimum absolute atomic E-state index is 0.0117. The van der Waals surface area contributed by atoms with Crippen molar-refractivity contribution in [1.29, 1.82) is 0 Å². The molecule has 5 heterocycles. The number of rotatable bonds is 6. The number of carbonyl (C=O) groups excluding carboxylic acids is 1. The summed E-state index contributed by atoms with van der Waals surface area (Å²) in [5.41, 5.74) is 9.10. The molecule has 2 atom stereocenters. The van der Waals surface area contributed by atoms with Gasteiger partial charge < -0.3 is 30.2 Å². The number of aromatic nitrogens is 4. The molecule has 10 nitrogen and oxygen atoms in total. The highest BCUT2D eigenvalue weighted by Crippen LogP contribution is 2.42. The van der Waals surface area contributed by atoms with Crippen molar-refractivity contribution in [3.63, 3.8) is 0 Å². The summed E-state index contributed by atoms with van der Waals surface area (Å²) < 4.78 is 7.68. The maximum Gasteiger partial charge on any atom is 0.217 e. The van der Waals surface area contributed by atoms with Gasteiger partial charge in [0.2, 0.25) is 5.91 Å². The Morgan fingerprint density at radius 3 is 2.76 bits per heavy atom. The van der Waals surface area contributed by atoms with E-state index in [1.54, 1.807) is 0 Å². The number of nitrogens with one attached hydrogen (secondary N) is 1. The molecule has 1 amide bonds. The highest BCUT2D eigenvalue weighted by molar-refractivity contribution is 7.99. The van der Waals surface area contributed by atoms with Gasteiger partial charge in [0.25, 0.3) is 0 Å². The van der Waals surface area contributed by atoms with Gasteiger partial charge in [-0.25, -0.2) is 15.0 Å². The molecular formula is C25H32ClN7O3S.